The van der Waals surface area contributed by atoms with E-state index in [0.29, 0.717) is 11.8 Å². The second-order valence-corrected chi connectivity index (χ2v) is 5.58. The molecule has 16 heavy (non-hydrogen) atoms. The second-order valence-electron chi connectivity index (χ2n) is 5.32. The summed E-state index contributed by atoms with van der Waals surface area (Å²) < 4.78 is 2.18. The summed E-state index contributed by atoms with van der Waals surface area (Å²) in [6, 6.07) is 0. The van der Waals surface area contributed by atoms with Gasteiger partial charge in [-0.3, -0.25) is 0 Å². The van der Waals surface area contributed by atoms with Crippen LogP contribution < -0.4 is 0 Å². The van der Waals surface area contributed by atoms with Gasteiger partial charge < -0.3 is 4.57 Å². The molecule has 0 aromatic carbocycles. The molecule has 0 saturated heterocycles. The highest BCUT2D eigenvalue weighted by Gasteiger charge is 2.26. The van der Waals surface area contributed by atoms with Gasteiger partial charge in [0.15, 0.2) is 0 Å². The number of alkyl halides is 1. The van der Waals surface area contributed by atoms with E-state index in [2.05, 4.69) is 49.4 Å². The molecule has 0 fully saturated rings. The third-order valence-corrected chi connectivity index (χ3v) is 3.22. The molecule has 3 nitrogen and oxygen atoms in total. The van der Waals surface area contributed by atoms with Gasteiger partial charge in [-0.25, -0.2) is 0 Å². The lowest BCUT2D eigenvalue weighted by Crippen LogP contribution is -2.24. The molecule has 0 saturated carbocycles. The van der Waals surface area contributed by atoms with Crippen molar-refractivity contribution >= 4 is 11.6 Å². The zero-order valence-corrected chi connectivity index (χ0v) is 11.7. The Kier molecular flexibility index (Phi) is 4.36. The van der Waals surface area contributed by atoms with E-state index in [1.807, 2.05) is 0 Å². The highest BCUT2D eigenvalue weighted by atomic mass is 35.5. The third kappa shape index (κ3) is 2.76. The fourth-order valence-corrected chi connectivity index (χ4v) is 1.85. The van der Waals surface area contributed by atoms with Gasteiger partial charge in [0.25, 0.3) is 0 Å². The van der Waals surface area contributed by atoms with Gasteiger partial charge in [-0.2, -0.15) is 0 Å². The Bertz CT molecular complexity index is 342. The number of rotatable bonds is 5. The van der Waals surface area contributed by atoms with Gasteiger partial charge in [0.2, 0.25) is 0 Å². The standard InChI is InChI=1S/C12H22ClN3/c1-6-12(4,5)11-15-14-10(7-13)16(11)8-9(2)3/h9H,6-8H2,1-5H3. The lowest BCUT2D eigenvalue weighted by molar-refractivity contribution is 0.413. The normalized spacial score (nSPS) is 12.4. The van der Waals surface area contributed by atoms with Crippen molar-refractivity contribution in [1.29, 1.82) is 0 Å². The van der Waals surface area contributed by atoms with E-state index in [1.165, 1.54) is 0 Å². The first kappa shape index (κ1) is 13.5. The molecule has 92 valence electrons. The van der Waals surface area contributed by atoms with Crippen molar-refractivity contribution in [2.24, 2.45) is 5.92 Å². The number of nitrogens with zero attached hydrogens (tertiary/aromatic N) is 3. The minimum atomic E-state index is 0.0617. The van der Waals surface area contributed by atoms with Crippen molar-refractivity contribution in [1.82, 2.24) is 14.8 Å². The van der Waals surface area contributed by atoms with Crippen LogP contribution >= 0.6 is 11.6 Å². The summed E-state index contributed by atoms with van der Waals surface area (Å²) in [5.41, 5.74) is 0.0617. The Hall–Kier alpha value is -0.570. The predicted octanol–water partition coefficient (Wildman–Crippen LogP) is 3.36. The summed E-state index contributed by atoms with van der Waals surface area (Å²) >= 11 is 5.90. The minimum Gasteiger partial charge on any atom is -0.313 e. The van der Waals surface area contributed by atoms with Crippen LogP contribution in [0.4, 0.5) is 0 Å². The monoisotopic (exact) mass is 243 g/mol. The molecule has 0 aliphatic rings. The molecule has 0 spiro atoms. The van der Waals surface area contributed by atoms with Crippen molar-refractivity contribution in [2.45, 2.75) is 58.9 Å². The van der Waals surface area contributed by atoms with Crippen molar-refractivity contribution in [3.8, 4) is 0 Å². The smallest absolute Gasteiger partial charge is 0.147 e. The van der Waals surface area contributed by atoms with Crippen molar-refractivity contribution in [2.75, 3.05) is 0 Å². The maximum atomic E-state index is 5.90. The van der Waals surface area contributed by atoms with Gasteiger partial charge in [-0.1, -0.05) is 34.6 Å². The summed E-state index contributed by atoms with van der Waals surface area (Å²) in [6.45, 7) is 11.9. The summed E-state index contributed by atoms with van der Waals surface area (Å²) in [6.07, 6.45) is 1.05. The van der Waals surface area contributed by atoms with Crippen molar-refractivity contribution < 1.29 is 0 Å². The highest BCUT2D eigenvalue weighted by molar-refractivity contribution is 6.16. The molecular formula is C12H22ClN3. The highest BCUT2D eigenvalue weighted by Crippen LogP contribution is 2.26. The predicted molar refractivity (Wildman–Crippen MR) is 67.7 cm³/mol. The maximum Gasteiger partial charge on any atom is 0.147 e. The average Bonchev–Trinajstić information content (AvgIpc) is 2.60. The molecule has 1 aromatic rings. The van der Waals surface area contributed by atoms with Crippen LogP contribution in [0, 0.1) is 5.92 Å². The van der Waals surface area contributed by atoms with Crippen LogP contribution in [-0.2, 0) is 17.8 Å². The quantitative estimate of drug-likeness (QED) is 0.743. The topological polar surface area (TPSA) is 30.7 Å². The molecule has 0 N–H and O–H groups in total. The molecule has 0 amide bonds. The Morgan fingerprint density at radius 3 is 2.38 bits per heavy atom. The van der Waals surface area contributed by atoms with Gasteiger partial charge in [-0.05, 0) is 12.3 Å². The Morgan fingerprint density at radius 2 is 1.94 bits per heavy atom. The fraction of sp³-hybridized carbons (Fsp3) is 0.833. The first-order valence-corrected chi connectivity index (χ1v) is 6.44. The molecule has 0 bridgehead atoms. The Morgan fingerprint density at radius 1 is 1.31 bits per heavy atom. The van der Waals surface area contributed by atoms with Crippen LogP contribution in [0.1, 0.15) is 52.7 Å². The van der Waals surface area contributed by atoms with Crippen LogP contribution in [0.25, 0.3) is 0 Å². The molecule has 4 heteroatoms. The number of aromatic nitrogens is 3. The van der Waals surface area contributed by atoms with E-state index in [9.17, 15) is 0 Å². The molecule has 0 atom stereocenters. The van der Waals surface area contributed by atoms with E-state index in [1.54, 1.807) is 0 Å². The van der Waals surface area contributed by atoms with Crippen LogP contribution in [0.15, 0.2) is 0 Å². The summed E-state index contributed by atoms with van der Waals surface area (Å²) in [7, 11) is 0. The van der Waals surface area contributed by atoms with Crippen LogP contribution in [0.5, 0.6) is 0 Å². The fourth-order valence-electron chi connectivity index (χ4n) is 1.65. The van der Waals surface area contributed by atoms with E-state index in [0.717, 1.165) is 24.6 Å². The molecular weight excluding hydrogens is 222 g/mol. The molecule has 1 heterocycles. The Balaban J connectivity index is 3.14. The summed E-state index contributed by atoms with van der Waals surface area (Å²) in [5.74, 6) is 2.94. The van der Waals surface area contributed by atoms with E-state index in [4.69, 9.17) is 11.6 Å². The van der Waals surface area contributed by atoms with Crippen LogP contribution in [0.3, 0.4) is 0 Å². The summed E-state index contributed by atoms with van der Waals surface area (Å²) in [4.78, 5) is 0. The van der Waals surface area contributed by atoms with E-state index < -0.39 is 0 Å². The van der Waals surface area contributed by atoms with E-state index in [-0.39, 0.29) is 5.41 Å². The first-order valence-electron chi connectivity index (χ1n) is 5.91. The average molecular weight is 244 g/mol. The minimum absolute atomic E-state index is 0.0617. The van der Waals surface area contributed by atoms with Crippen LogP contribution in [-0.4, -0.2) is 14.8 Å². The lowest BCUT2D eigenvalue weighted by atomic mass is 9.89. The first-order chi connectivity index (χ1) is 7.42. The molecule has 0 radical (unpaired) electrons. The molecule has 0 aliphatic heterocycles. The SMILES string of the molecule is CCC(C)(C)c1nnc(CCl)n1CC(C)C. The molecule has 1 rings (SSSR count). The van der Waals surface area contributed by atoms with Crippen molar-refractivity contribution in [3.63, 3.8) is 0 Å². The van der Waals surface area contributed by atoms with Crippen LogP contribution in [0.2, 0.25) is 0 Å². The maximum absolute atomic E-state index is 5.90. The third-order valence-electron chi connectivity index (χ3n) is 2.98. The Labute approximate surface area is 103 Å². The molecule has 1 aromatic heterocycles. The zero-order chi connectivity index (χ0) is 12.3. The van der Waals surface area contributed by atoms with Gasteiger partial charge in [-0.15, -0.1) is 21.8 Å². The number of halogens is 1. The van der Waals surface area contributed by atoms with Gasteiger partial charge in [0.05, 0.1) is 5.88 Å². The second kappa shape index (κ2) is 5.17. The largest absolute Gasteiger partial charge is 0.313 e. The van der Waals surface area contributed by atoms with Gasteiger partial charge in [0, 0.05) is 12.0 Å². The number of hydrogen-bond donors (Lipinski definition) is 0. The lowest BCUT2D eigenvalue weighted by Gasteiger charge is -2.23. The molecule has 0 unspecified atom stereocenters. The van der Waals surface area contributed by atoms with Gasteiger partial charge >= 0.3 is 0 Å². The summed E-state index contributed by atoms with van der Waals surface area (Å²) in [5, 5.41) is 8.49. The van der Waals surface area contributed by atoms with Gasteiger partial charge in [0.1, 0.15) is 11.6 Å². The number of hydrogen-bond acceptors (Lipinski definition) is 2. The van der Waals surface area contributed by atoms with E-state index >= 15 is 0 Å². The molecule has 0 aliphatic carbocycles. The zero-order valence-electron chi connectivity index (χ0n) is 10.9. The van der Waals surface area contributed by atoms with Crippen molar-refractivity contribution in [3.05, 3.63) is 11.6 Å².